The molecule has 0 saturated heterocycles. The topological polar surface area (TPSA) is 98.6 Å². The van der Waals surface area contributed by atoms with Gasteiger partial charge in [0.1, 0.15) is 12.3 Å². The van der Waals surface area contributed by atoms with Gasteiger partial charge in [-0.25, -0.2) is 9.78 Å². The molecule has 0 aliphatic heterocycles. The average Bonchev–Trinajstić information content (AvgIpc) is 3.66. The first kappa shape index (κ1) is 26.1. The van der Waals surface area contributed by atoms with Crippen molar-refractivity contribution in [1.29, 1.82) is 0 Å². The maximum absolute atomic E-state index is 13.0. The maximum atomic E-state index is 13.0. The minimum Gasteiger partial charge on any atom is -0.456 e. The number of ether oxygens (including phenoxy) is 1. The molecule has 0 aliphatic rings. The highest BCUT2D eigenvalue weighted by molar-refractivity contribution is 5.92. The van der Waals surface area contributed by atoms with Gasteiger partial charge in [0, 0.05) is 23.2 Å². The fourth-order valence-electron chi connectivity index (χ4n) is 5.15. The molecular weight excluding hydrogens is 512 g/mol. The Labute approximate surface area is 238 Å². The number of aromatic nitrogens is 6. The molecule has 3 aromatic carbocycles. The number of hydrogen-bond donors (Lipinski definition) is 1. The monoisotopic (exact) mass is 542 g/mol. The molecule has 0 fully saturated rings. The van der Waals surface area contributed by atoms with Gasteiger partial charge in [-0.2, -0.15) is 5.21 Å². The summed E-state index contributed by atoms with van der Waals surface area (Å²) in [6.07, 6.45) is 1.92. The Morgan fingerprint density at radius 1 is 0.902 bits per heavy atom. The third-order valence-corrected chi connectivity index (χ3v) is 7.21. The molecule has 0 atom stereocenters. The molecule has 6 aromatic rings. The number of benzene rings is 3. The number of esters is 1. The maximum Gasteiger partial charge on any atom is 0.357 e. The Bertz CT molecular complexity index is 1790. The molecule has 0 amide bonds. The fourth-order valence-corrected chi connectivity index (χ4v) is 5.15. The molecule has 204 valence electrons. The summed E-state index contributed by atoms with van der Waals surface area (Å²) in [6, 6.07) is 30.2. The summed E-state index contributed by atoms with van der Waals surface area (Å²) in [5, 5.41) is 15.6. The standard InChI is InChI=1S/C33H30N6O2/c1-3-9-26-19-29-22(2)18-30(33(40)41-21-24-10-5-4-6-11-24)34-32(29)39(26)20-23-14-16-25(17-15-23)27-12-7-8-13-28(27)31-35-37-38-36-31/h4-8,10-19H,3,9,20-21H2,1-2H3,(H,35,36,37,38). The molecule has 41 heavy (non-hydrogen) atoms. The molecule has 1 N–H and O–H groups in total. The number of fused-ring (bicyclic) bond motifs is 1. The highest BCUT2D eigenvalue weighted by Crippen LogP contribution is 2.30. The second-order valence-corrected chi connectivity index (χ2v) is 10.1. The summed E-state index contributed by atoms with van der Waals surface area (Å²) in [7, 11) is 0. The Kier molecular flexibility index (Phi) is 7.36. The van der Waals surface area contributed by atoms with E-state index in [9.17, 15) is 4.79 Å². The summed E-state index contributed by atoms with van der Waals surface area (Å²) in [5.74, 6) is 0.139. The van der Waals surface area contributed by atoms with Crippen molar-refractivity contribution in [1.82, 2.24) is 30.2 Å². The van der Waals surface area contributed by atoms with E-state index in [1.165, 1.54) is 5.69 Å². The van der Waals surface area contributed by atoms with E-state index < -0.39 is 5.97 Å². The zero-order valence-electron chi connectivity index (χ0n) is 23.0. The van der Waals surface area contributed by atoms with E-state index >= 15 is 0 Å². The SMILES string of the molecule is CCCc1cc2c(C)cc(C(=O)OCc3ccccc3)nc2n1Cc1ccc(-c2ccccc2-c2nn[nH]n2)cc1. The molecule has 8 heteroatoms. The minimum absolute atomic E-state index is 0.211. The zero-order chi connectivity index (χ0) is 28.2. The highest BCUT2D eigenvalue weighted by atomic mass is 16.5. The van der Waals surface area contributed by atoms with Crippen LogP contribution in [0, 0.1) is 6.92 Å². The third-order valence-electron chi connectivity index (χ3n) is 7.21. The van der Waals surface area contributed by atoms with Crippen LogP contribution >= 0.6 is 0 Å². The van der Waals surface area contributed by atoms with E-state index in [1.807, 2.05) is 61.5 Å². The lowest BCUT2D eigenvalue weighted by Crippen LogP contribution is -2.10. The first-order valence-corrected chi connectivity index (χ1v) is 13.7. The normalized spacial score (nSPS) is 11.2. The molecule has 0 aliphatic carbocycles. The number of nitrogens with one attached hydrogen (secondary N) is 1. The Morgan fingerprint density at radius 2 is 1.66 bits per heavy atom. The summed E-state index contributed by atoms with van der Waals surface area (Å²) >= 11 is 0. The lowest BCUT2D eigenvalue weighted by Gasteiger charge is -2.12. The number of aryl methyl sites for hydroxylation is 2. The van der Waals surface area contributed by atoms with Crippen molar-refractivity contribution in [2.24, 2.45) is 0 Å². The Balaban J connectivity index is 1.30. The zero-order valence-corrected chi connectivity index (χ0v) is 23.0. The molecule has 0 saturated carbocycles. The van der Waals surface area contributed by atoms with E-state index in [4.69, 9.17) is 9.72 Å². The second-order valence-electron chi connectivity index (χ2n) is 10.1. The van der Waals surface area contributed by atoms with Crippen LogP contribution in [0.2, 0.25) is 0 Å². The number of hydrogen-bond acceptors (Lipinski definition) is 6. The number of tetrazole rings is 1. The number of rotatable bonds is 9. The van der Waals surface area contributed by atoms with Crippen LogP contribution in [-0.4, -0.2) is 36.1 Å². The lowest BCUT2D eigenvalue weighted by molar-refractivity contribution is 0.0466. The first-order chi connectivity index (χ1) is 20.1. The third kappa shape index (κ3) is 5.49. The largest absolute Gasteiger partial charge is 0.456 e. The van der Waals surface area contributed by atoms with Crippen LogP contribution in [0.3, 0.4) is 0 Å². The van der Waals surface area contributed by atoms with Crippen LogP contribution in [0.1, 0.15) is 46.2 Å². The molecular formula is C33H30N6O2. The van der Waals surface area contributed by atoms with Crippen molar-refractivity contribution in [2.45, 2.75) is 39.8 Å². The van der Waals surface area contributed by atoms with E-state index in [1.54, 1.807) is 0 Å². The molecule has 8 nitrogen and oxygen atoms in total. The highest BCUT2D eigenvalue weighted by Gasteiger charge is 2.18. The van der Waals surface area contributed by atoms with E-state index in [2.05, 4.69) is 68.5 Å². The van der Waals surface area contributed by atoms with Crippen LogP contribution in [0.5, 0.6) is 0 Å². The van der Waals surface area contributed by atoms with Gasteiger partial charge in [-0.05, 0) is 58.5 Å². The van der Waals surface area contributed by atoms with Gasteiger partial charge >= 0.3 is 5.97 Å². The van der Waals surface area contributed by atoms with E-state index in [0.29, 0.717) is 18.1 Å². The van der Waals surface area contributed by atoms with Crippen LogP contribution in [0.15, 0.2) is 91.0 Å². The van der Waals surface area contributed by atoms with E-state index in [-0.39, 0.29) is 6.61 Å². The predicted octanol–water partition coefficient (Wildman–Crippen LogP) is 6.55. The van der Waals surface area contributed by atoms with Gasteiger partial charge in [-0.3, -0.25) is 0 Å². The Hall–Kier alpha value is -5.11. The van der Waals surface area contributed by atoms with Crippen molar-refractivity contribution in [3.05, 3.63) is 119 Å². The number of aromatic amines is 1. The molecule has 3 aromatic heterocycles. The molecule has 0 spiro atoms. The summed E-state index contributed by atoms with van der Waals surface area (Å²) in [6.45, 7) is 5.04. The quantitative estimate of drug-likeness (QED) is 0.208. The van der Waals surface area contributed by atoms with Gasteiger partial charge in [0.25, 0.3) is 0 Å². The summed E-state index contributed by atoms with van der Waals surface area (Å²) in [4.78, 5) is 17.8. The number of pyridine rings is 1. The Morgan fingerprint density at radius 3 is 2.39 bits per heavy atom. The van der Waals surface area contributed by atoms with Gasteiger partial charge in [-0.1, -0.05) is 92.2 Å². The molecule has 0 radical (unpaired) electrons. The predicted molar refractivity (Wildman–Crippen MR) is 158 cm³/mol. The van der Waals surface area contributed by atoms with Crippen LogP contribution in [0.4, 0.5) is 0 Å². The van der Waals surface area contributed by atoms with Gasteiger partial charge in [0.2, 0.25) is 5.82 Å². The minimum atomic E-state index is -0.423. The van der Waals surface area contributed by atoms with Gasteiger partial charge < -0.3 is 9.30 Å². The summed E-state index contributed by atoms with van der Waals surface area (Å²) in [5.41, 5.74) is 8.42. The fraction of sp³-hybridized carbons (Fsp3) is 0.182. The lowest BCUT2D eigenvalue weighted by atomic mass is 9.98. The molecule has 3 heterocycles. The first-order valence-electron chi connectivity index (χ1n) is 13.7. The van der Waals surface area contributed by atoms with Crippen molar-refractivity contribution in [3.63, 3.8) is 0 Å². The number of H-pyrrole nitrogens is 1. The van der Waals surface area contributed by atoms with Crippen molar-refractivity contribution in [2.75, 3.05) is 0 Å². The summed E-state index contributed by atoms with van der Waals surface area (Å²) < 4.78 is 7.82. The molecule has 0 unspecified atom stereocenters. The average molecular weight is 543 g/mol. The number of carbonyl (C=O) groups is 1. The van der Waals surface area contributed by atoms with Gasteiger partial charge in [0.05, 0.1) is 0 Å². The van der Waals surface area contributed by atoms with Crippen molar-refractivity contribution in [3.8, 4) is 22.5 Å². The van der Waals surface area contributed by atoms with E-state index in [0.717, 1.165) is 57.3 Å². The number of nitrogens with zero attached hydrogens (tertiary/aromatic N) is 5. The second kappa shape index (κ2) is 11.6. The van der Waals surface area contributed by atoms with Crippen LogP contribution in [-0.2, 0) is 24.3 Å². The van der Waals surface area contributed by atoms with Gasteiger partial charge in [-0.15, -0.1) is 10.2 Å². The van der Waals surface area contributed by atoms with Crippen LogP contribution in [0.25, 0.3) is 33.5 Å². The number of carbonyl (C=O) groups excluding carboxylic acids is 1. The molecule has 6 rings (SSSR count). The molecule has 0 bridgehead atoms. The van der Waals surface area contributed by atoms with Crippen molar-refractivity contribution >= 4 is 17.0 Å². The smallest absolute Gasteiger partial charge is 0.357 e. The van der Waals surface area contributed by atoms with Crippen molar-refractivity contribution < 1.29 is 9.53 Å². The van der Waals surface area contributed by atoms with Gasteiger partial charge in [0.15, 0.2) is 5.69 Å². The van der Waals surface area contributed by atoms with Crippen LogP contribution < -0.4 is 0 Å².